The lowest BCUT2D eigenvalue weighted by atomic mass is 10.1. The van der Waals surface area contributed by atoms with Crippen LogP contribution >= 0.6 is 0 Å². The van der Waals surface area contributed by atoms with Crippen molar-refractivity contribution < 1.29 is 0 Å². The smallest absolute Gasteiger partial charge is 0.134 e. The van der Waals surface area contributed by atoms with Crippen LogP contribution in [0.25, 0.3) is 27.4 Å². The van der Waals surface area contributed by atoms with Crippen molar-refractivity contribution in [3.8, 4) is 17.2 Å². The minimum Gasteiger partial charge on any atom is -0.307 e. The Hall–Kier alpha value is -3.19. The molecule has 0 spiro atoms. The first-order valence-corrected chi connectivity index (χ1v) is 7.44. The molecule has 0 fully saturated rings. The summed E-state index contributed by atoms with van der Waals surface area (Å²) < 4.78 is 1.93. The first-order chi connectivity index (χ1) is 11.2. The Labute approximate surface area is 133 Å². The van der Waals surface area contributed by atoms with Gasteiger partial charge in [0.15, 0.2) is 0 Å². The fraction of sp³-hybridized carbons (Fsp3) is 0.105. The van der Waals surface area contributed by atoms with E-state index in [-0.39, 0.29) is 0 Å². The number of aryl methyl sites for hydroxylation is 2. The second kappa shape index (κ2) is 4.92. The molecule has 0 unspecified atom stereocenters. The molecule has 4 rings (SSSR count). The van der Waals surface area contributed by atoms with Crippen molar-refractivity contribution >= 4 is 16.3 Å². The Morgan fingerprint density at radius 1 is 0.913 bits per heavy atom. The second-order valence-corrected chi connectivity index (χ2v) is 5.62. The molecule has 4 nitrogen and oxygen atoms in total. The van der Waals surface area contributed by atoms with Crippen LogP contribution in [0.2, 0.25) is 0 Å². The molecule has 0 saturated heterocycles. The predicted molar refractivity (Wildman–Crippen MR) is 90.1 cm³/mol. The van der Waals surface area contributed by atoms with E-state index in [4.69, 9.17) is 0 Å². The standard InChI is InChI=1S/C19H14N4/c1-12-18-16-10-15(14-6-4-3-5-7-14)8-9-23(16)17(11-20)19(18)13(2)22-21-12/h3-10H,1-2H3. The quantitative estimate of drug-likeness (QED) is 0.533. The van der Waals surface area contributed by atoms with Crippen molar-refractivity contribution in [1.82, 2.24) is 14.6 Å². The average molecular weight is 298 g/mol. The van der Waals surface area contributed by atoms with Crippen LogP contribution in [0.5, 0.6) is 0 Å². The third kappa shape index (κ3) is 1.91. The van der Waals surface area contributed by atoms with Gasteiger partial charge in [-0.05, 0) is 37.1 Å². The van der Waals surface area contributed by atoms with E-state index in [1.54, 1.807) is 0 Å². The number of pyridine rings is 1. The number of nitriles is 1. The zero-order valence-corrected chi connectivity index (χ0v) is 12.9. The Balaban J connectivity index is 2.16. The molecule has 0 aliphatic rings. The van der Waals surface area contributed by atoms with E-state index in [2.05, 4.69) is 34.5 Å². The van der Waals surface area contributed by atoms with Crippen molar-refractivity contribution in [2.75, 3.05) is 0 Å². The normalized spacial score (nSPS) is 11.0. The fourth-order valence-electron chi connectivity index (χ4n) is 3.14. The maximum atomic E-state index is 9.61. The Kier molecular flexibility index (Phi) is 2.88. The number of nitrogens with zero attached hydrogens (tertiary/aromatic N) is 4. The summed E-state index contributed by atoms with van der Waals surface area (Å²) in [6.45, 7) is 3.83. The summed E-state index contributed by atoms with van der Waals surface area (Å²) in [4.78, 5) is 0. The minimum absolute atomic E-state index is 0.616. The van der Waals surface area contributed by atoms with E-state index in [9.17, 15) is 5.26 Å². The maximum Gasteiger partial charge on any atom is 0.134 e. The maximum absolute atomic E-state index is 9.61. The van der Waals surface area contributed by atoms with Gasteiger partial charge >= 0.3 is 0 Å². The van der Waals surface area contributed by atoms with Crippen LogP contribution in [0.1, 0.15) is 17.1 Å². The van der Waals surface area contributed by atoms with E-state index in [1.165, 1.54) is 0 Å². The van der Waals surface area contributed by atoms with Gasteiger partial charge in [0.2, 0.25) is 0 Å². The first-order valence-electron chi connectivity index (χ1n) is 7.44. The predicted octanol–water partition coefficient (Wildman–Crippen LogP) is 4.04. The molecule has 0 aliphatic carbocycles. The van der Waals surface area contributed by atoms with Gasteiger partial charge < -0.3 is 4.40 Å². The van der Waals surface area contributed by atoms with Gasteiger partial charge in [0.1, 0.15) is 11.8 Å². The van der Waals surface area contributed by atoms with Gasteiger partial charge in [-0.3, -0.25) is 0 Å². The molecule has 110 valence electrons. The zero-order chi connectivity index (χ0) is 16.0. The second-order valence-electron chi connectivity index (χ2n) is 5.62. The summed E-state index contributed by atoms with van der Waals surface area (Å²) >= 11 is 0. The fourth-order valence-corrected chi connectivity index (χ4v) is 3.14. The highest BCUT2D eigenvalue weighted by Gasteiger charge is 2.17. The average Bonchev–Trinajstić information content (AvgIpc) is 2.93. The van der Waals surface area contributed by atoms with Gasteiger partial charge in [-0.25, -0.2) is 0 Å². The summed E-state index contributed by atoms with van der Waals surface area (Å²) in [7, 11) is 0. The number of aromatic nitrogens is 3. The van der Waals surface area contributed by atoms with Gasteiger partial charge in [-0.15, -0.1) is 0 Å². The topological polar surface area (TPSA) is 54.0 Å². The van der Waals surface area contributed by atoms with Gasteiger partial charge in [-0.1, -0.05) is 30.3 Å². The highest BCUT2D eigenvalue weighted by Crippen LogP contribution is 2.32. The van der Waals surface area contributed by atoms with Crippen LogP contribution in [0.15, 0.2) is 48.7 Å². The zero-order valence-electron chi connectivity index (χ0n) is 12.9. The van der Waals surface area contributed by atoms with Crippen molar-refractivity contribution in [3.63, 3.8) is 0 Å². The van der Waals surface area contributed by atoms with Crippen molar-refractivity contribution in [2.24, 2.45) is 0 Å². The molecule has 0 N–H and O–H groups in total. The van der Waals surface area contributed by atoms with Crippen LogP contribution in [0.3, 0.4) is 0 Å². The molecular formula is C19H14N4. The number of hydrogen-bond donors (Lipinski definition) is 0. The molecular weight excluding hydrogens is 284 g/mol. The molecule has 4 aromatic rings. The van der Waals surface area contributed by atoms with E-state index >= 15 is 0 Å². The molecule has 0 atom stereocenters. The summed E-state index contributed by atoms with van der Waals surface area (Å²) in [6.07, 6.45) is 1.95. The highest BCUT2D eigenvalue weighted by atomic mass is 15.1. The Bertz CT molecular complexity index is 1090. The van der Waals surface area contributed by atoms with E-state index < -0.39 is 0 Å². The Morgan fingerprint density at radius 3 is 2.30 bits per heavy atom. The van der Waals surface area contributed by atoms with Crippen LogP contribution < -0.4 is 0 Å². The first kappa shape index (κ1) is 13.5. The molecule has 23 heavy (non-hydrogen) atoms. The highest BCUT2D eigenvalue weighted by molar-refractivity contribution is 6.04. The molecule has 0 bridgehead atoms. The van der Waals surface area contributed by atoms with Crippen LogP contribution in [0.4, 0.5) is 0 Å². The molecule has 4 heteroatoms. The Morgan fingerprint density at radius 2 is 1.61 bits per heavy atom. The lowest BCUT2D eigenvalue weighted by Gasteiger charge is -2.04. The minimum atomic E-state index is 0.616. The molecule has 0 saturated carbocycles. The molecule has 3 heterocycles. The summed E-state index contributed by atoms with van der Waals surface area (Å²) in [6, 6.07) is 16.7. The van der Waals surface area contributed by atoms with E-state index in [0.29, 0.717) is 5.69 Å². The van der Waals surface area contributed by atoms with Gasteiger partial charge in [0.25, 0.3) is 0 Å². The number of hydrogen-bond acceptors (Lipinski definition) is 3. The molecule has 3 aromatic heterocycles. The molecule has 0 radical (unpaired) electrons. The van der Waals surface area contributed by atoms with Gasteiger partial charge in [-0.2, -0.15) is 15.5 Å². The third-order valence-corrected chi connectivity index (χ3v) is 4.23. The van der Waals surface area contributed by atoms with Gasteiger partial charge in [0.05, 0.1) is 16.9 Å². The van der Waals surface area contributed by atoms with Crippen LogP contribution in [-0.2, 0) is 0 Å². The number of rotatable bonds is 1. The molecule has 0 aliphatic heterocycles. The van der Waals surface area contributed by atoms with Crippen molar-refractivity contribution in [2.45, 2.75) is 13.8 Å². The largest absolute Gasteiger partial charge is 0.307 e. The lowest BCUT2D eigenvalue weighted by Crippen LogP contribution is -1.91. The van der Waals surface area contributed by atoms with E-state index in [1.807, 2.05) is 48.7 Å². The van der Waals surface area contributed by atoms with Gasteiger partial charge in [0, 0.05) is 17.0 Å². The lowest BCUT2D eigenvalue weighted by molar-refractivity contribution is 0.966. The monoisotopic (exact) mass is 298 g/mol. The number of fused-ring (bicyclic) bond motifs is 3. The summed E-state index contributed by atoms with van der Waals surface area (Å²) in [5.74, 6) is 0. The summed E-state index contributed by atoms with van der Waals surface area (Å²) in [5.41, 5.74) is 5.51. The molecule has 0 amide bonds. The van der Waals surface area contributed by atoms with Crippen LogP contribution in [0, 0.1) is 25.2 Å². The number of benzene rings is 1. The third-order valence-electron chi connectivity index (χ3n) is 4.23. The molecule has 1 aromatic carbocycles. The van der Waals surface area contributed by atoms with Crippen molar-refractivity contribution in [3.05, 3.63) is 65.7 Å². The summed E-state index contributed by atoms with van der Waals surface area (Å²) in [5, 5.41) is 19.9. The van der Waals surface area contributed by atoms with Crippen LogP contribution in [-0.4, -0.2) is 14.6 Å². The van der Waals surface area contributed by atoms with Crippen molar-refractivity contribution in [1.29, 1.82) is 5.26 Å². The SMILES string of the molecule is Cc1nnc(C)c2c1c(C#N)n1ccc(-c3ccccc3)cc21. The van der Waals surface area contributed by atoms with E-state index in [0.717, 1.165) is 38.8 Å².